The third-order valence-corrected chi connectivity index (χ3v) is 3.50. The van der Waals surface area contributed by atoms with Gasteiger partial charge in [0.15, 0.2) is 0 Å². The van der Waals surface area contributed by atoms with Crippen LogP contribution in [0.1, 0.15) is 28.4 Å². The maximum absolute atomic E-state index is 13.6. The molecule has 0 bridgehead atoms. The number of hydrogen-bond donors (Lipinski definition) is 2. The van der Waals surface area contributed by atoms with Crippen LogP contribution in [0, 0.1) is 19.7 Å². The molecule has 0 fully saturated rings. The van der Waals surface area contributed by atoms with Crippen LogP contribution >= 0.6 is 0 Å². The van der Waals surface area contributed by atoms with Crippen LogP contribution < -0.4 is 10.6 Å². The van der Waals surface area contributed by atoms with Gasteiger partial charge in [-0.05, 0) is 44.5 Å². The summed E-state index contributed by atoms with van der Waals surface area (Å²) in [5.74, 6) is -1.60. The van der Waals surface area contributed by atoms with Gasteiger partial charge in [0.1, 0.15) is 11.9 Å². The van der Waals surface area contributed by atoms with Gasteiger partial charge in [0.2, 0.25) is 5.91 Å². The zero-order chi connectivity index (χ0) is 17.0. The molecular formula is C18H19FN2O2. The van der Waals surface area contributed by atoms with Crippen molar-refractivity contribution in [3.05, 3.63) is 65.0 Å². The van der Waals surface area contributed by atoms with E-state index in [2.05, 4.69) is 10.6 Å². The van der Waals surface area contributed by atoms with Gasteiger partial charge in [0.05, 0.1) is 5.56 Å². The Morgan fingerprint density at radius 2 is 1.78 bits per heavy atom. The molecule has 2 amide bonds. The SMILES string of the molecule is Cc1ccc(NC(=O)[C@H](C)NC(=O)c2ccccc2F)c(C)c1. The molecule has 0 heterocycles. The average Bonchev–Trinajstić information content (AvgIpc) is 2.50. The normalized spacial score (nSPS) is 11.7. The van der Waals surface area contributed by atoms with Crippen LogP contribution in [0.2, 0.25) is 0 Å². The molecule has 2 aromatic carbocycles. The fourth-order valence-electron chi connectivity index (χ4n) is 2.18. The molecule has 0 aliphatic carbocycles. The van der Waals surface area contributed by atoms with Gasteiger partial charge in [-0.15, -0.1) is 0 Å². The van der Waals surface area contributed by atoms with Gasteiger partial charge in [0.25, 0.3) is 5.91 Å². The molecule has 0 radical (unpaired) electrons. The van der Waals surface area contributed by atoms with Crippen molar-refractivity contribution in [3.63, 3.8) is 0 Å². The van der Waals surface area contributed by atoms with Gasteiger partial charge in [-0.3, -0.25) is 9.59 Å². The van der Waals surface area contributed by atoms with Gasteiger partial charge in [-0.2, -0.15) is 0 Å². The first kappa shape index (κ1) is 16.7. The molecule has 2 rings (SSSR count). The fourth-order valence-corrected chi connectivity index (χ4v) is 2.18. The van der Waals surface area contributed by atoms with Crippen LogP contribution in [0.3, 0.4) is 0 Å². The zero-order valence-electron chi connectivity index (χ0n) is 13.3. The summed E-state index contributed by atoms with van der Waals surface area (Å²) >= 11 is 0. The van der Waals surface area contributed by atoms with Crippen molar-refractivity contribution in [3.8, 4) is 0 Å². The first-order chi connectivity index (χ1) is 10.9. The Bertz CT molecular complexity index is 744. The molecule has 0 unspecified atom stereocenters. The molecule has 0 saturated carbocycles. The van der Waals surface area contributed by atoms with Crippen molar-refractivity contribution < 1.29 is 14.0 Å². The average molecular weight is 314 g/mol. The maximum Gasteiger partial charge on any atom is 0.254 e. The van der Waals surface area contributed by atoms with Crippen molar-refractivity contribution in [2.45, 2.75) is 26.8 Å². The Hall–Kier alpha value is -2.69. The summed E-state index contributed by atoms with van der Waals surface area (Å²) in [7, 11) is 0. The largest absolute Gasteiger partial charge is 0.340 e. The second-order valence-corrected chi connectivity index (χ2v) is 5.48. The molecule has 0 saturated heterocycles. The summed E-state index contributed by atoms with van der Waals surface area (Å²) in [5, 5.41) is 5.26. The number of anilines is 1. The summed E-state index contributed by atoms with van der Waals surface area (Å²) in [4.78, 5) is 24.2. The van der Waals surface area contributed by atoms with E-state index >= 15 is 0 Å². The standard InChI is InChI=1S/C18H19FN2O2/c1-11-8-9-16(12(2)10-11)21-17(22)13(3)20-18(23)14-6-4-5-7-15(14)19/h4-10,13H,1-3H3,(H,20,23)(H,21,22)/t13-/m0/s1. The van der Waals surface area contributed by atoms with Crippen LogP contribution in [0.4, 0.5) is 10.1 Å². The Labute approximate surface area is 134 Å². The number of hydrogen-bond acceptors (Lipinski definition) is 2. The number of aryl methyl sites for hydroxylation is 2. The Morgan fingerprint density at radius 1 is 1.09 bits per heavy atom. The minimum Gasteiger partial charge on any atom is -0.340 e. The molecule has 1 atom stereocenters. The third kappa shape index (κ3) is 4.16. The third-order valence-electron chi connectivity index (χ3n) is 3.50. The first-order valence-electron chi connectivity index (χ1n) is 7.32. The number of halogens is 1. The highest BCUT2D eigenvalue weighted by molar-refractivity contribution is 6.01. The lowest BCUT2D eigenvalue weighted by Crippen LogP contribution is -2.42. The van der Waals surface area contributed by atoms with E-state index in [0.717, 1.165) is 11.1 Å². The number of amides is 2. The minimum atomic E-state index is -0.789. The lowest BCUT2D eigenvalue weighted by molar-refractivity contribution is -0.117. The van der Waals surface area contributed by atoms with E-state index in [0.29, 0.717) is 5.69 Å². The van der Waals surface area contributed by atoms with Crippen molar-refractivity contribution in [1.29, 1.82) is 0 Å². The number of rotatable bonds is 4. The quantitative estimate of drug-likeness (QED) is 0.910. The van der Waals surface area contributed by atoms with Gasteiger partial charge in [-0.25, -0.2) is 4.39 Å². The predicted molar refractivity (Wildman–Crippen MR) is 87.9 cm³/mol. The topological polar surface area (TPSA) is 58.2 Å². The summed E-state index contributed by atoms with van der Waals surface area (Å²) in [6, 6.07) is 10.5. The van der Waals surface area contributed by atoms with E-state index in [1.54, 1.807) is 13.0 Å². The zero-order valence-corrected chi connectivity index (χ0v) is 13.3. The summed E-state index contributed by atoms with van der Waals surface area (Å²) < 4.78 is 13.6. The van der Waals surface area contributed by atoms with Gasteiger partial charge in [0, 0.05) is 5.69 Å². The number of carbonyl (C=O) groups is 2. The van der Waals surface area contributed by atoms with Crippen molar-refractivity contribution in [2.24, 2.45) is 0 Å². The molecule has 0 spiro atoms. The number of benzene rings is 2. The second-order valence-electron chi connectivity index (χ2n) is 5.48. The Morgan fingerprint density at radius 3 is 2.43 bits per heavy atom. The maximum atomic E-state index is 13.6. The lowest BCUT2D eigenvalue weighted by Gasteiger charge is -2.16. The van der Waals surface area contributed by atoms with E-state index in [1.165, 1.54) is 18.2 Å². The molecular weight excluding hydrogens is 295 g/mol. The van der Waals surface area contributed by atoms with Gasteiger partial charge in [-0.1, -0.05) is 29.8 Å². The first-order valence-corrected chi connectivity index (χ1v) is 7.32. The highest BCUT2D eigenvalue weighted by Crippen LogP contribution is 2.16. The molecule has 4 nitrogen and oxygen atoms in total. The summed E-state index contributed by atoms with van der Waals surface area (Å²) in [6.45, 7) is 5.42. The molecule has 0 aliphatic heterocycles. The van der Waals surface area contributed by atoms with E-state index in [9.17, 15) is 14.0 Å². The Balaban J connectivity index is 2.03. The van der Waals surface area contributed by atoms with E-state index in [-0.39, 0.29) is 11.5 Å². The summed E-state index contributed by atoms with van der Waals surface area (Å²) in [5.41, 5.74) is 2.64. The summed E-state index contributed by atoms with van der Waals surface area (Å²) in [6.07, 6.45) is 0. The van der Waals surface area contributed by atoms with E-state index in [4.69, 9.17) is 0 Å². The van der Waals surface area contributed by atoms with Crippen molar-refractivity contribution >= 4 is 17.5 Å². The fraction of sp³-hybridized carbons (Fsp3) is 0.222. The second kappa shape index (κ2) is 7.05. The van der Waals surface area contributed by atoms with Gasteiger partial charge >= 0.3 is 0 Å². The predicted octanol–water partition coefficient (Wildman–Crippen LogP) is 3.20. The van der Waals surface area contributed by atoms with E-state index < -0.39 is 17.8 Å². The van der Waals surface area contributed by atoms with Crippen molar-refractivity contribution in [1.82, 2.24) is 5.32 Å². The monoisotopic (exact) mass is 314 g/mol. The molecule has 2 N–H and O–H groups in total. The van der Waals surface area contributed by atoms with Crippen LogP contribution in [-0.2, 0) is 4.79 Å². The molecule has 2 aromatic rings. The number of nitrogens with one attached hydrogen (secondary N) is 2. The highest BCUT2D eigenvalue weighted by atomic mass is 19.1. The Kier molecular flexibility index (Phi) is 5.11. The lowest BCUT2D eigenvalue weighted by atomic mass is 10.1. The van der Waals surface area contributed by atoms with Crippen LogP contribution in [0.5, 0.6) is 0 Å². The smallest absolute Gasteiger partial charge is 0.254 e. The molecule has 0 aromatic heterocycles. The number of carbonyl (C=O) groups excluding carboxylic acids is 2. The van der Waals surface area contributed by atoms with Crippen molar-refractivity contribution in [2.75, 3.05) is 5.32 Å². The molecule has 0 aliphatic rings. The van der Waals surface area contributed by atoms with Crippen LogP contribution in [0.25, 0.3) is 0 Å². The molecule has 120 valence electrons. The molecule has 23 heavy (non-hydrogen) atoms. The molecule has 5 heteroatoms. The minimum absolute atomic E-state index is 0.0846. The highest BCUT2D eigenvalue weighted by Gasteiger charge is 2.19. The van der Waals surface area contributed by atoms with Crippen LogP contribution in [-0.4, -0.2) is 17.9 Å². The van der Waals surface area contributed by atoms with E-state index in [1.807, 2.05) is 32.0 Å². The van der Waals surface area contributed by atoms with Crippen LogP contribution in [0.15, 0.2) is 42.5 Å². The van der Waals surface area contributed by atoms with Gasteiger partial charge < -0.3 is 10.6 Å².